The average Bonchev–Trinajstić information content (AvgIpc) is 2.36. The predicted octanol–water partition coefficient (Wildman–Crippen LogP) is 3.00. The lowest BCUT2D eigenvalue weighted by molar-refractivity contribution is 0.594. The molecule has 0 aliphatic heterocycles. The highest BCUT2D eigenvalue weighted by Crippen LogP contribution is 2.24. The van der Waals surface area contributed by atoms with Gasteiger partial charge in [0.15, 0.2) is 9.84 Å². The van der Waals surface area contributed by atoms with Crippen molar-refractivity contribution in [2.75, 3.05) is 5.73 Å². The Bertz CT molecular complexity index is 754. The molecule has 0 aliphatic rings. The summed E-state index contributed by atoms with van der Waals surface area (Å²) in [4.78, 5) is 0.196. The lowest BCUT2D eigenvalue weighted by Gasteiger charge is -2.10. The molecule has 2 rings (SSSR count). The smallest absolute Gasteiger partial charge is 0.182 e. The van der Waals surface area contributed by atoms with E-state index in [1.54, 1.807) is 32.0 Å². The maximum atomic E-state index is 13.3. The number of nitrogens with two attached hydrogens (primary N) is 1. The molecule has 0 heterocycles. The molecule has 5 heteroatoms. The van der Waals surface area contributed by atoms with Crippen LogP contribution in [0.15, 0.2) is 41.3 Å². The van der Waals surface area contributed by atoms with Gasteiger partial charge in [0.1, 0.15) is 5.82 Å². The van der Waals surface area contributed by atoms with Crippen LogP contribution in [0.5, 0.6) is 0 Å². The van der Waals surface area contributed by atoms with Gasteiger partial charge in [-0.25, -0.2) is 12.8 Å². The molecular formula is C15H16FNO2S. The van der Waals surface area contributed by atoms with Gasteiger partial charge in [-0.1, -0.05) is 12.1 Å². The molecule has 2 aromatic carbocycles. The first-order chi connectivity index (χ1) is 9.29. The minimum atomic E-state index is -3.55. The van der Waals surface area contributed by atoms with Crippen LogP contribution in [-0.4, -0.2) is 8.42 Å². The number of rotatable bonds is 3. The Hall–Kier alpha value is -1.88. The van der Waals surface area contributed by atoms with Gasteiger partial charge in [0.2, 0.25) is 0 Å². The molecular weight excluding hydrogens is 277 g/mol. The molecule has 0 unspecified atom stereocenters. The summed E-state index contributed by atoms with van der Waals surface area (Å²) in [5.74, 6) is -0.675. The van der Waals surface area contributed by atoms with E-state index in [2.05, 4.69) is 0 Å². The maximum Gasteiger partial charge on any atom is 0.182 e. The van der Waals surface area contributed by atoms with Gasteiger partial charge in [-0.2, -0.15) is 0 Å². The van der Waals surface area contributed by atoms with Crippen LogP contribution in [0.4, 0.5) is 10.1 Å². The van der Waals surface area contributed by atoms with Crippen molar-refractivity contribution in [3.05, 3.63) is 58.9 Å². The van der Waals surface area contributed by atoms with Crippen LogP contribution in [0.1, 0.15) is 16.7 Å². The summed E-state index contributed by atoms with van der Waals surface area (Å²) >= 11 is 0. The van der Waals surface area contributed by atoms with E-state index in [1.807, 2.05) is 0 Å². The number of hydrogen-bond acceptors (Lipinski definition) is 3. The molecule has 0 radical (unpaired) electrons. The Morgan fingerprint density at radius 3 is 2.40 bits per heavy atom. The Morgan fingerprint density at radius 2 is 1.70 bits per heavy atom. The van der Waals surface area contributed by atoms with Gasteiger partial charge in [0, 0.05) is 5.69 Å². The van der Waals surface area contributed by atoms with Crippen LogP contribution in [-0.2, 0) is 15.6 Å². The molecule has 0 amide bonds. The molecule has 2 aromatic rings. The number of sulfone groups is 1. The number of nitrogen functional groups attached to an aromatic ring is 1. The minimum absolute atomic E-state index is 0.196. The van der Waals surface area contributed by atoms with Gasteiger partial charge in [0.05, 0.1) is 10.6 Å². The molecule has 2 N–H and O–H groups in total. The van der Waals surface area contributed by atoms with Crippen LogP contribution < -0.4 is 5.73 Å². The Labute approximate surface area is 118 Å². The van der Waals surface area contributed by atoms with Gasteiger partial charge >= 0.3 is 0 Å². The van der Waals surface area contributed by atoms with Crippen molar-refractivity contribution in [2.45, 2.75) is 24.5 Å². The van der Waals surface area contributed by atoms with Crippen LogP contribution in [0.2, 0.25) is 0 Å². The molecule has 0 spiro atoms. The Balaban J connectivity index is 2.46. The third-order valence-electron chi connectivity index (χ3n) is 3.20. The quantitative estimate of drug-likeness (QED) is 0.885. The molecule has 0 bridgehead atoms. The second-order valence-electron chi connectivity index (χ2n) is 4.85. The molecule has 0 aromatic heterocycles. The first-order valence-electron chi connectivity index (χ1n) is 6.13. The number of halogens is 1. The highest BCUT2D eigenvalue weighted by molar-refractivity contribution is 7.90. The standard InChI is InChI=1S/C15H16FNO2S/c1-10-3-5-13(16)7-12(10)9-20(18,19)15-8-14(17)6-4-11(15)2/h3-8H,9,17H2,1-2H3. The van der Waals surface area contributed by atoms with Crippen molar-refractivity contribution in [3.8, 4) is 0 Å². The molecule has 3 nitrogen and oxygen atoms in total. The number of anilines is 1. The van der Waals surface area contributed by atoms with Crippen molar-refractivity contribution >= 4 is 15.5 Å². The molecule has 0 saturated heterocycles. The molecule has 0 aliphatic carbocycles. The zero-order valence-corrected chi connectivity index (χ0v) is 12.2. The van der Waals surface area contributed by atoms with E-state index in [9.17, 15) is 12.8 Å². The minimum Gasteiger partial charge on any atom is -0.399 e. The van der Waals surface area contributed by atoms with E-state index < -0.39 is 15.7 Å². The molecule has 0 fully saturated rings. The monoisotopic (exact) mass is 293 g/mol. The third-order valence-corrected chi connectivity index (χ3v) is 5.00. The van der Waals surface area contributed by atoms with E-state index in [-0.39, 0.29) is 10.6 Å². The largest absolute Gasteiger partial charge is 0.399 e. The molecule has 106 valence electrons. The third kappa shape index (κ3) is 2.99. The molecule has 20 heavy (non-hydrogen) atoms. The van der Waals surface area contributed by atoms with Gasteiger partial charge < -0.3 is 5.73 Å². The second kappa shape index (κ2) is 5.25. The van der Waals surface area contributed by atoms with Gasteiger partial charge in [-0.15, -0.1) is 0 Å². The maximum absolute atomic E-state index is 13.3. The van der Waals surface area contributed by atoms with Crippen molar-refractivity contribution in [3.63, 3.8) is 0 Å². The fraction of sp³-hybridized carbons (Fsp3) is 0.200. The van der Waals surface area contributed by atoms with E-state index in [1.165, 1.54) is 18.2 Å². The Morgan fingerprint density at radius 1 is 1.05 bits per heavy atom. The molecule has 0 atom stereocenters. The van der Waals surface area contributed by atoms with Crippen LogP contribution in [0.3, 0.4) is 0 Å². The summed E-state index contributed by atoms with van der Waals surface area (Å²) in [5.41, 5.74) is 7.88. The number of benzene rings is 2. The lowest BCUT2D eigenvalue weighted by Crippen LogP contribution is -2.08. The summed E-state index contributed by atoms with van der Waals surface area (Å²) in [6.45, 7) is 3.47. The van der Waals surface area contributed by atoms with Gasteiger partial charge in [0.25, 0.3) is 0 Å². The van der Waals surface area contributed by atoms with Gasteiger partial charge in [-0.3, -0.25) is 0 Å². The zero-order chi connectivity index (χ0) is 14.9. The van der Waals surface area contributed by atoms with Crippen molar-refractivity contribution in [1.82, 2.24) is 0 Å². The fourth-order valence-corrected chi connectivity index (χ4v) is 3.78. The summed E-state index contributed by atoms with van der Waals surface area (Å²) in [6, 6.07) is 8.92. The van der Waals surface area contributed by atoms with E-state index >= 15 is 0 Å². The topological polar surface area (TPSA) is 60.2 Å². The van der Waals surface area contributed by atoms with E-state index in [0.29, 0.717) is 16.8 Å². The van der Waals surface area contributed by atoms with Crippen LogP contribution >= 0.6 is 0 Å². The molecule has 0 saturated carbocycles. The lowest BCUT2D eigenvalue weighted by atomic mass is 10.1. The average molecular weight is 293 g/mol. The van der Waals surface area contributed by atoms with Crippen molar-refractivity contribution < 1.29 is 12.8 Å². The first-order valence-corrected chi connectivity index (χ1v) is 7.79. The van der Waals surface area contributed by atoms with Gasteiger partial charge in [-0.05, 0) is 54.8 Å². The van der Waals surface area contributed by atoms with Crippen molar-refractivity contribution in [2.24, 2.45) is 0 Å². The highest BCUT2D eigenvalue weighted by Gasteiger charge is 2.19. The van der Waals surface area contributed by atoms with E-state index in [0.717, 1.165) is 5.56 Å². The number of hydrogen-bond donors (Lipinski definition) is 1. The Kier molecular flexibility index (Phi) is 3.81. The summed E-state index contributed by atoms with van der Waals surface area (Å²) in [6.07, 6.45) is 0. The fourth-order valence-electron chi connectivity index (χ4n) is 2.03. The van der Waals surface area contributed by atoms with Crippen LogP contribution in [0, 0.1) is 19.7 Å². The summed E-state index contributed by atoms with van der Waals surface area (Å²) < 4.78 is 38.2. The number of aryl methyl sites for hydroxylation is 2. The second-order valence-corrected chi connectivity index (χ2v) is 6.81. The van der Waals surface area contributed by atoms with Crippen molar-refractivity contribution in [1.29, 1.82) is 0 Å². The zero-order valence-electron chi connectivity index (χ0n) is 11.4. The summed E-state index contributed by atoms with van der Waals surface area (Å²) in [5, 5.41) is 0. The predicted molar refractivity (Wildman–Crippen MR) is 77.6 cm³/mol. The summed E-state index contributed by atoms with van der Waals surface area (Å²) in [7, 11) is -3.55. The van der Waals surface area contributed by atoms with E-state index in [4.69, 9.17) is 5.73 Å². The highest BCUT2D eigenvalue weighted by atomic mass is 32.2. The first kappa shape index (κ1) is 14.5. The van der Waals surface area contributed by atoms with Crippen LogP contribution in [0.25, 0.3) is 0 Å². The SMILES string of the molecule is Cc1ccc(F)cc1CS(=O)(=O)c1cc(N)ccc1C. The normalized spacial score (nSPS) is 11.6.